The molecule has 2 rings (SSSR count). The van der Waals surface area contributed by atoms with Crippen LogP contribution in [0.15, 0.2) is 36.4 Å². The van der Waals surface area contributed by atoms with Crippen LogP contribution in [-0.4, -0.2) is 60.9 Å². The number of rotatable bonds is 7. The van der Waals surface area contributed by atoms with E-state index in [0.29, 0.717) is 19.6 Å². The fourth-order valence-corrected chi connectivity index (χ4v) is 2.99. The number of hydrogen-bond donors (Lipinski definition) is 1. The first-order valence-corrected chi connectivity index (χ1v) is 9.46. The second kappa shape index (κ2) is 9.53. The van der Waals surface area contributed by atoms with Gasteiger partial charge in [0.05, 0.1) is 0 Å². The van der Waals surface area contributed by atoms with Gasteiger partial charge in [0.15, 0.2) is 0 Å². The Morgan fingerprint density at radius 1 is 1.12 bits per heavy atom. The molecule has 26 heavy (non-hydrogen) atoms. The van der Waals surface area contributed by atoms with E-state index in [1.807, 2.05) is 30.0 Å². The minimum atomic E-state index is -1.01. The summed E-state index contributed by atoms with van der Waals surface area (Å²) in [5.74, 6) is -0.261. The first kappa shape index (κ1) is 20.2. The lowest BCUT2D eigenvalue weighted by molar-refractivity contribution is -0.149. The van der Waals surface area contributed by atoms with E-state index >= 15 is 0 Å². The molecule has 0 saturated carbocycles. The van der Waals surface area contributed by atoms with Crippen LogP contribution in [0.2, 0.25) is 0 Å². The lowest BCUT2D eigenvalue weighted by Gasteiger charge is -2.37. The van der Waals surface area contributed by atoms with Crippen LogP contribution in [0.4, 0.5) is 0 Å². The van der Waals surface area contributed by atoms with E-state index in [2.05, 4.69) is 34.5 Å². The smallest absolute Gasteiger partial charge is 0.237 e. The van der Waals surface area contributed by atoms with Crippen molar-refractivity contribution in [2.45, 2.75) is 27.2 Å². The van der Waals surface area contributed by atoms with Crippen LogP contribution in [0.5, 0.6) is 0 Å². The van der Waals surface area contributed by atoms with Gasteiger partial charge in [-0.15, -0.1) is 0 Å². The highest BCUT2D eigenvalue weighted by atomic mass is 16.2. The molecular formula is C21H31N3O2. The SMILES string of the molecule is CCCNC(=O)C(C)(C)C(=O)N1CCN(C/C=C/c2ccccc2)CC1. The van der Waals surface area contributed by atoms with Crippen LogP contribution in [0.25, 0.3) is 6.08 Å². The summed E-state index contributed by atoms with van der Waals surface area (Å²) in [7, 11) is 0. The van der Waals surface area contributed by atoms with Gasteiger partial charge in [0, 0.05) is 39.3 Å². The third kappa shape index (κ3) is 5.43. The number of hydrogen-bond acceptors (Lipinski definition) is 3. The number of carbonyl (C=O) groups is 2. The molecule has 5 nitrogen and oxygen atoms in total. The third-order valence-corrected chi connectivity index (χ3v) is 4.77. The van der Waals surface area contributed by atoms with Crippen molar-refractivity contribution in [2.75, 3.05) is 39.3 Å². The first-order chi connectivity index (χ1) is 12.4. The Kier molecular flexibility index (Phi) is 7.39. The Labute approximate surface area is 157 Å². The number of carbonyl (C=O) groups excluding carboxylic acids is 2. The standard InChI is InChI=1S/C21H31N3O2/c1-4-12-22-19(25)21(2,3)20(26)24-16-14-23(15-17-24)13-8-11-18-9-6-5-7-10-18/h5-11H,4,12-17H2,1-3H3,(H,22,25)/b11-8+. The minimum absolute atomic E-state index is 0.0782. The highest BCUT2D eigenvalue weighted by molar-refractivity contribution is 6.04. The lowest BCUT2D eigenvalue weighted by Crippen LogP contribution is -2.55. The molecule has 1 aliphatic heterocycles. The molecule has 1 aliphatic rings. The van der Waals surface area contributed by atoms with E-state index < -0.39 is 5.41 Å². The molecule has 1 aromatic rings. The number of piperazine rings is 1. The Bertz CT molecular complexity index is 617. The van der Waals surface area contributed by atoms with Gasteiger partial charge in [-0.3, -0.25) is 14.5 Å². The van der Waals surface area contributed by atoms with Crippen LogP contribution >= 0.6 is 0 Å². The Morgan fingerprint density at radius 2 is 1.77 bits per heavy atom. The average Bonchev–Trinajstić information content (AvgIpc) is 2.66. The van der Waals surface area contributed by atoms with Crippen molar-refractivity contribution in [1.82, 2.24) is 15.1 Å². The van der Waals surface area contributed by atoms with Gasteiger partial charge in [0.25, 0.3) is 0 Å². The monoisotopic (exact) mass is 357 g/mol. The fourth-order valence-electron chi connectivity index (χ4n) is 2.99. The Balaban J connectivity index is 1.80. The zero-order chi connectivity index (χ0) is 19.0. The van der Waals surface area contributed by atoms with Crippen LogP contribution < -0.4 is 5.32 Å². The summed E-state index contributed by atoms with van der Waals surface area (Å²) in [6.07, 6.45) is 5.15. The van der Waals surface area contributed by atoms with Gasteiger partial charge in [-0.05, 0) is 25.8 Å². The van der Waals surface area contributed by atoms with Crippen molar-refractivity contribution in [3.05, 3.63) is 42.0 Å². The van der Waals surface area contributed by atoms with Crippen molar-refractivity contribution < 1.29 is 9.59 Å². The van der Waals surface area contributed by atoms with Gasteiger partial charge < -0.3 is 10.2 Å². The highest BCUT2D eigenvalue weighted by Gasteiger charge is 2.39. The molecule has 0 bridgehead atoms. The molecule has 0 atom stereocenters. The normalized spacial score (nSPS) is 16.0. The molecule has 1 N–H and O–H groups in total. The highest BCUT2D eigenvalue weighted by Crippen LogP contribution is 2.20. The van der Waals surface area contributed by atoms with Gasteiger partial charge in [0.2, 0.25) is 11.8 Å². The molecular weight excluding hydrogens is 326 g/mol. The predicted octanol–water partition coefficient (Wildman–Crippen LogP) is 2.40. The van der Waals surface area contributed by atoms with Crippen LogP contribution in [0.1, 0.15) is 32.8 Å². The van der Waals surface area contributed by atoms with Gasteiger partial charge in [-0.2, -0.15) is 0 Å². The molecule has 0 radical (unpaired) electrons. The van der Waals surface area contributed by atoms with Crippen LogP contribution in [-0.2, 0) is 9.59 Å². The quantitative estimate of drug-likeness (QED) is 0.763. The molecule has 1 saturated heterocycles. The first-order valence-electron chi connectivity index (χ1n) is 9.46. The summed E-state index contributed by atoms with van der Waals surface area (Å²) >= 11 is 0. The largest absolute Gasteiger partial charge is 0.355 e. The third-order valence-electron chi connectivity index (χ3n) is 4.77. The van der Waals surface area contributed by atoms with E-state index in [1.54, 1.807) is 13.8 Å². The van der Waals surface area contributed by atoms with Crippen LogP contribution in [0, 0.1) is 5.41 Å². The fraction of sp³-hybridized carbons (Fsp3) is 0.524. The van der Waals surface area contributed by atoms with Gasteiger partial charge in [0.1, 0.15) is 5.41 Å². The molecule has 0 spiro atoms. The lowest BCUT2D eigenvalue weighted by atomic mass is 9.90. The molecule has 142 valence electrons. The Morgan fingerprint density at radius 3 is 2.38 bits per heavy atom. The zero-order valence-corrected chi connectivity index (χ0v) is 16.2. The predicted molar refractivity (Wildman–Crippen MR) is 106 cm³/mol. The summed E-state index contributed by atoms with van der Waals surface area (Å²) < 4.78 is 0. The second-order valence-corrected chi connectivity index (χ2v) is 7.29. The second-order valence-electron chi connectivity index (χ2n) is 7.29. The van der Waals surface area contributed by atoms with Crippen molar-refractivity contribution in [2.24, 2.45) is 5.41 Å². The minimum Gasteiger partial charge on any atom is -0.355 e. The summed E-state index contributed by atoms with van der Waals surface area (Å²) in [6.45, 7) is 9.92. The molecule has 0 unspecified atom stereocenters. The molecule has 1 fully saturated rings. The van der Waals surface area contributed by atoms with Crippen molar-refractivity contribution in [3.63, 3.8) is 0 Å². The number of nitrogens with zero attached hydrogens (tertiary/aromatic N) is 2. The van der Waals surface area contributed by atoms with Crippen LogP contribution in [0.3, 0.4) is 0 Å². The maximum absolute atomic E-state index is 12.8. The summed E-state index contributed by atoms with van der Waals surface area (Å²) in [5.41, 5.74) is 0.186. The molecule has 2 amide bonds. The Hall–Kier alpha value is -2.14. The maximum Gasteiger partial charge on any atom is 0.237 e. The molecule has 0 aliphatic carbocycles. The number of nitrogens with one attached hydrogen (secondary N) is 1. The van der Waals surface area contributed by atoms with Crippen molar-refractivity contribution in [3.8, 4) is 0 Å². The van der Waals surface area contributed by atoms with Crippen molar-refractivity contribution in [1.29, 1.82) is 0 Å². The van der Waals surface area contributed by atoms with Gasteiger partial charge in [-0.25, -0.2) is 0 Å². The summed E-state index contributed by atoms with van der Waals surface area (Å²) in [4.78, 5) is 29.2. The summed E-state index contributed by atoms with van der Waals surface area (Å²) in [5, 5.41) is 2.84. The van der Waals surface area contributed by atoms with Crippen molar-refractivity contribution >= 4 is 17.9 Å². The number of amides is 2. The van der Waals surface area contributed by atoms with E-state index in [1.165, 1.54) is 5.56 Å². The molecule has 0 aromatic heterocycles. The molecule has 1 aromatic carbocycles. The van der Waals surface area contributed by atoms with E-state index in [9.17, 15) is 9.59 Å². The average molecular weight is 357 g/mol. The topological polar surface area (TPSA) is 52.7 Å². The van der Waals surface area contributed by atoms with E-state index in [-0.39, 0.29) is 11.8 Å². The van der Waals surface area contributed by atoms with Gasteiger partial charge in [-0.1, -0.05) is 49.4 Å². The maximum atomic E-state index is 12.8. The molecule has 1 heterocycles. The number of benzene rings is 1. The van der Waals surface area contributed by atoms with E-state index in [0.717, 1.165) is 26.1 Å². The van der Waals surface area contributed by atoms with Gasteiger partial charge >= 0.3 is 0 Å². The molecule has 5 heteroatoms. The zero-order valence-electron chi connectivity index (χ0n) is 16.2. The van der Waals surface area contributed by atoms with E-state index in [4.69, 9.17) is 0 Å². The summed E-state index contributed by atoms with van der Waals surface area (Å²) in [6, 6.07) is 10.2.